The first-order valence-corrected chi connectivity index (χ1v) is 6.33. The molecule has 0 aliphatic heterocycles. The molecule has 0 aromatic heterocycles. The van der Waals surface area contributed by atoms with Gasteiger partial charge in [-0.05, 0) is 31.7 Å². The highest BCUT2D eigenvalue weighted by atomic mass is 16.5. The van der Waals surface area contributed by atoms with Crippen LogP contribution in [0.1, 0.15) is 18.5 Å². The van der Waals surface area contributed by atoms with Crippen LogP contribution in [0.15, 0.2) is 24.3 Å². The average molecular weight is 252 g/mol. The largest absolute Gasteiger partial charge is 0.494 e. The first-order chi connectivity index (χ1) is 8.67. The van der Waals surface area contributed by atoms with E-state index in [1.54, 1.807) is 7.11 Å². The first kappa shape index (κ1) is 15.0. The summed E-state index contributed by atoms with van der Waals surface area (Å²) in [5, 5.41) is 0. The Morgan fingerprint density at radius 2 is 1.94 bits per heavy atom. The molecule has 0 saturated heterocycles. The minimum absolute atomic E-state index is 0.0162. The molecule has 4 nitrogen and oxygen atoms in total. The van der Waals surface area contributed by atoms with Gasteiger partial charge in [0.1, 0.15) is 5.75 Å². The lowest BCUT2D eigenvalue weighted by Gasteiger charge is -2.21. The summed E-state index contributed by atoms with van der Waals surface area (Å²) in [6, 6.07) is 8.00. The van der Waals surface area contributed by atoms with Crippen molar-refractivity contribution in [2.75, 3.05) is 40.5 Å². The molecule has 0 bridgehead atoms. The van der Waals surface area contributed by atoms with Gasteiger partial charge in [-0.1, -0.05) is 12.1 Å². The molecule has 1 aromatic rings. The minimum Gasteiger partial charge on any atom is -0.494 e. The summed E-state index contributed by atoms with van der Waals surface area (Å²) in [7, 11) is 3.76. The minimum atomic E-state index is 0.0162. The summed E-state index contributed by atoms with van der Waals surface area (Å²) in [6.45, 7) is 5.10. The van der Waals surface area contributed by atoms with E-state index in [0.717, 1.165) is 31.0 Å². The van der Waals surface area contributed by atoms with E-state index < -0.39 is 0 Å². The Bertz CT molecular complexity index is 327. The van der Waals surface area contributed by atoms with Gasteiger partial charge in [-0.3, -0.25) is 0 Å². The molecule has 0 heterocycles. The number of benzene rings is 1. The van der Waals surface area contributed by atoms with Crippen molar-refractivity contribution in [3.8, 4) is 5.75 Å². The predicted octanol–water partition coefficient (Wildman–Crippen LogP) is 1.66. The predicted molar refractivity (Wildman–Crippen MR) is 73.9 cm³/mol. The number of rotatable bonds is 8. The molecule has 0 aliphatic rings. The number of nitrogens with two attached hydrogens (primary N) is 1. The SMILES string of the molecule is CCOc1ccc(C(N)CN(C)CCOC)cc1. The molecule has 1 unspecified atom stereocenters. The van der Waals surface area contributed by atoms with Crippen LogP contribution in [0.25, 0.3) is 0 Å². The molecule has 0 aliphatic carbocycles. The Labute approximate surface area is 110 Å². The van der Waals surface area contributed by atoms with Crippen molar-refractivity contribution in [1.29, 1.82) is 0 Å². The van der Waals surface area contributed by atoms with Crippen LogP contribution in [0, 0.1) is 0 Å². The van der Waals surface area contributed by atoms with Crippen molar-refractivity contribution in [2.24, 2.45) is 5.73 Å². The van der Waals surface area contributed by atoms with E-state index >= 15 is 0 Å². The Hall–Kier alpha value is -1.10. The fourth-order valence-corrected chi connectivity index (χ4v) is 1.76. The van der Waals surface area contributed by atoms with E-state index in [9.17, 15) is 0 Å². The third-order valence-electron chi connectivity index (χ3n) is 2.80. The lowest BCUT2D eigenvalue weighted by molar-refractivity contribution is 0.158. The van der Waals surface area contributed by atoms with Crippen LogP contribution in [0.5, 0.6) is 5.75 Å². The van der Waals surface area contributed by atoms with Gasteiger partial charge in [-0.25, -0.2) is 0 Å². The van der Waals surface area contributed by atoms with Crippen molar-refractivity contribution >= 4 is 0 Å². The standard InChI is InChI=1S/C14H24N2O2/c1-4-18-13-7-5-12(6-8-13)14(15)11-16(2)9-10-17-3/h5-8,14H,4,9-11,15H2,1-3H3. The average Bonchev–Trinajstić information content (AvgIpc) is 2.37. The number of hydrogen-bond acceptors (Lipinski definition) is 4. The molecule has 1 aromatic carbocycles. The van der Waals surface area contributed by atoms with Crippen molar-refractivity contribution in [3.63, 3.8) is 0 Å². The number of likely N-dealkylation sites (N-methyl/N-ethyl adjacent to an activating group) is 1. The van der Waals surface area contributed by atoms with Crippen molar-refractivity contribution in [2.45, 2.75) is 13.0 Å². The second-order valence-electron chi connectivity index (χ2n) is 4.36. The zero-order chi connectivity index (χ0) is 13.4. The number of ether oxygens (including phenoxy) is 2. The molecule has 2 N–H and O–H groups in total. The lowest BCUT2D eigenvalue weighted by atomic mass is 10.1. The van der Waals surface area contributed by atoms with Crippen molar-refractivity contribution < 1.29 is 9.47 Å². The fourth-order valence-electron chi connectivity index (χ4n) is 1.76. The molecule has 0 saturated carbocycles. The summed E-state index contributed by atoms with van der Waals surface area (Å²) < 4.78 is 10.5. The third kappa shape index (κ3) is 5.04. The van der Waals surface area contributed by atoms with E-state index in [2.05, 4.69) is 4.90 Å². The van der Waals surface area contributed by atoms with Gasteiger partial charge in [-0.15, -0.1) is 0 Å². The topological polar surface area (TPSA) is 47.7 Å². The van der Waals surface area contributed by atoms with Gasteiger partial charge >= 0.3 is 0 Å². The van der Waals surface area contributed by atoms with Crippen molar-refractivity contribution in [3.05, 3.63) is 29.8 Å². The maximum atomic E-state index is 6.17. The molecule has 0 radical (unpaired) electrons. The van der Waals surface area contributed by atoms with E-state index in [1.165, 1.54) is 0 Å². The molecule has 0 amide bonds. The molecule has 1 rings (SSSR count). The highest BCUT2D eigenvalue weighted by Gasteiger charge is 2.09. The highest BCUT2D eigenvalue weighted by Crippen LogP contribution is 2.16. The Morgan fingerprint density at radius 1 is 1.28 bits per heavy atom. The quantitative estimate of drug-likeness (QED) is 0.764. The Morgan fingerprint density at radius 3 is 2.50 bits per heavy atom. The van der Waals surface area contributed by atoms with E-state index in [4.69, 9.17) is 15.2 Å². The van der Waals surface area contributed by atoms with Crippen LogP contribution in [0.2, 0.25) is 0 Å². The van der Waals surface area contributed by atoms with Gasteiger partial charge in [0.15, 0.2) is 0 Å². The summed E-state index contributed by atoms with van der Waals surface area (Å²) in [5.41, 5.74) is 7.30. The zero-order valence-corrected chi connectivity index (χ0v) is 11.6. The normalized spacial score (nSPS) is 12.7. The third-order valence-corrected chi connectivity index (χ3v) is 2.80. The van der Waals surface area contributed by atoms with E-state index in [0.29, 0.717) is 6.61 Å². The first-order valence-electron chi connectivity index (χ1n) is 6.33. The maximum absolute atomic E-state index is 6.17. The Kier molecular flexibility index (Phi) is 6.72. The van der Waals surface area contributed by atoms with Crippen LogP contribution < -0.4 is 10.5 Å². The van der Waals surface area contributed by atoms with Crippen LogP contribution in [-0.2, 0) is 4.74 Å². The fraction of sp³-hybridized carbons (Fsp3) is 0.571. The highest BCUT2D eigenvalue weighted by molar-refractivity contribution is 5.29. The van der Waals surface area contributed by atoms with Gasteiger partial charge in [-0.2, -0.15) is 0 Å². The van der Waals surface area contributed by atoms with E-state index in [-0.39, 0.29) is 6.04 Å². The summed E-state index contributed by atoms with van der Waals surface area (Å²) >= 11 is 0. The second-order valence-corrected chi connectivity index (χ2v) is 4.36. The molecule has 102 valence electrons. The molecule has 18 heavy (non-hydrogen) atoms. The van der Waals surface area contributed by atoms with Gasteiger partial charge in [0.05, 0.1) is 13.2 Å². The molecular formula is C14H24N2O2. The van der Waals surface area contributed by atoms with Crippen molar-refractivity contribution in [1.82, 2.24) is 4.90 Å². The van der Waals surface area contributed by atoms with Crippen LogP contribution >= 0.6 is 0 Å². The number of nitrogens with zero attached hydrogens (tertiary/aromatic N) is 1. The number of methoxy groups -OCH3 is 1. The second kappa shape index (κ2) is 8.08. The van der Waals surface area contributed by atoms with Gasteiger partial charge < -0.3 is 20.1 Å². The monoisotopic (exact) mass is 252 g/mol. The summed E-state index contributed by atoms with van der Waals surface area (Å²) in [4.78, 5) is 2.17. The molecule has 1 atom stereocenters. The molecule has 0 spiro atoms. The zero-order valence-electron chi connectivity index (χ0n) is 11.6. The lowest BCUT2D eigenvalue weighted by Crippen LogP contribution is -2.31. The smallest absolute Gasteiger partial charge is 0.119 e. The van der Waals surface area contributed by atoms with Gasteiger partial charge in [0.25, 0.3) is 0 Å². The summed E-state index contributed by atoms with van der Waals surface area (Å²) in [6.07, 6.45) is 0. The summed E-state index contributed by atoms with van der Waals surface area (Å²) in [5.74, 6) is 0.890. The van der Waals surface area contributed by atoms with Crippen LogP contribution in [0.4, 0.5) is 0 Å². The van der Waals surface area contributed by atoms with E-state index in [1.807, 2.05) is 38.2 Å². The molecular weight excluding hydrogens is 228 g/mol. The van der Waals surface area contributed by atoms with Crippen LogP contribution in [-0.4, -0.2) is 45.4 Å². The van der Waals surface area contributed by atoms with Gasteiger partial charge in [0.2, 0.25) is 0 Å². The maximum Gasteiger partial charge on any atom is 0.119 e. The molecule has 4 heteroatoms. The molecule has 0 fully saturated rings. The Balaban J connectivity index is 2.47. The van der Waals surface area contributed by atoms with Crippen LogP contribution in [0.3, 0.4) is 0 Å². The van der Waals surface area contributed by atoms with Gasteiger partial charge in [0, 0.05) is 26.2 Å². The number of hydrogen-bond donors (Lipinski definition) is 1.